The van der Waals surface area contributed by atoms with Crippen LogP contribution in [-0.2, 0) is 14.3 Å². The summed E-state index contributed by atoms with van der Waals surface area (Å²) >= 11 is 0. The minimum absolute atomic E-state index is 0.0814. The van der Waals surface area contributed by atoms with Crippen LogP contribution in [0.15, 0.2) is 11.6 Å². The first-order valence-electron chi connectivity index (χ1n) is 7.07. The highest BCUT2D eigenvalue weighted by molar-refractivity contribution is 5.89. The zero-order valence-corrected chi connectivity index (χ0v) is 12.6. The molecule has 5 nitrogen and oxygen atoms in total. The Morgan fingerprint density at radius 1 is 1.40 bits per heavy atom. The van der Waals surface area contributed by atoms with Gasteiger partial charge in [0, 0.05) is 32.9 Å². The summed E-state index contributed by atoms with van der Waals surface area (Å²) in [6, 6.07) is 0. The molecule has 1 unspecified atom stereocenters. The zero-order chi connectivity index (χ0) is 15.2. The standard InChI is InChI=1S/C15H25NO4/c1-12(2)10-13(17)16-8-4-6-15(11-16,14(18)19)7-5-9-20-3/h10H,4-9,11H2,1-3H3,(H,18,19). The Hall–Kier alpha value is -1.36. The summed E-state index contributed by atoms with van der Waals surface area (Å²) in [6.07, 6.45) is 4.20. The fourth-order valence-electron chi connectivity index (χ4n) is 2.70. The zero-order valence-electron chi connectivity index (χ0n) is 12.6. The highest BCUT2D eigenvalue weighted by Gasteiger charge is 2.42. The Balaban J connectivity index is 2.78. The number of hydrogen-bond acceptors (Lipinski definition) is 3. The normalized spacial score (nSPS) is 22.4. The van der Waals surface area contributed by atoms with E-state index < -0.39 is 11.4 Å². The summed E-state index contributed by atoms with van der Waals surface area (Å²) < 4.78 is 5.00. The average Bonchev–Trinajstić information content (AvgIpc) is 2.38. The van der Waals surface area contributed by atoms with Gasteiger partial charge in [-0.15, -0.1) is 0 Å². The molecule has 1 aliphatic rings. The van der Waals surface area contributed by atoms with Gasteiger partial charge in [0.15, 0.2) is 0 Å². The van der Waals surface area contributed by atoms with Gasteiger partial charge in [0.25, 0.3) is 0 Å². The first-order valence-corrected chi connectivity index (χ1v) is 7.07. The number of methoxy groups -OCH3 is 1. The summed E-state index contributed by atoms with van der Waals surface area (Å²) in [4.78, 5) is 25.4. The molecule has 1 atom stereocenters. The smallest absolute Gasteiger partial charge is 0.311 e. The minimum atomic E-state index is -0.818. The summed E-state index contributed by atoms with van der Waals surface area (Å²) in [7, 11) is 1.61. The van der Waals surface area contributed by atoms with E-state index in [9.17, 15) is 14.7 Å². The lowest BCUT2D eigenvalue weighted by Gasteiger charge is -2.39. The summed E-state index contributed by atoms with van der Waals surface area (Å²) in [5.41, 5.74) is 0.114. The van der Waals surface area contributed by atoms with Crippen molar-refractivity contribution in [1.29, 1.82) is 0 Å². The number of amides is 1. The van der Waals surface area contributed by atoms with Crippen molar-refractivity contribution in [3.63, 3.8) is 0 Å². The molecular weight excluding hydrogens is 258 g/mol. The van der Waals surface area contributed by atoms with Crippen molar-refractivity contribution < 1.29 is 19.4 Å². The van der Waals surface area contributed by atoms with Gasteiger partial charge < -0.3 is 14.7 Å². The molecule has 0 saturated carbocycles. The van der Waals surface area contributed by atoms with Crippen LogP contribution in [0.25, 0.3) is 0 Å². The lowest BCUT2D eigenvalue weighted by molar-refractivity contribution is -0.155. The van der Waals surface area contributed by atoms with E-state index in [0.29, 0.717) is 39.0 Å². The van der Waals surface area contributed by atoms with Crippen molar-refractivity contribution >= 4 is 11.9 Å². The Labute approximate surface area is 120 Å². The van der Waals surface area contributed by atoms with Crippen molar-refractivity contribution in [3.8, 4) is 0 Å². The molecule has 114 valence electrons. The Morgan fingerprint density at radius 2 is 2.10 bits per heavy atom. The molecule has 0 aromatic carbocycles. The number of carbonyl (C=O) groups is 2. The lowest BCUT2D eigenvalue weighted by atomic mass is 9.76. The van der Waals surface area contributed by atoms with Crippen molar-refractivity contribution in [2.75, 3.05) is 26.8 Å². The molecule has 0 radical (unpaired) electrons. The van der Waals surface area contributed by atoms with Crippen LogP contribution in [0.3, 0.4) is 0 Å². The summed E-state index contributed by atoms with van der Waals surface area (Å²) in [5.74, 6) is -0.884. The van der Waals surface area contributed by atoms with Crippen molar-refractivity contribution in [3.05, 3.63) is 11.6 Å². The molecule has 0 aromatic rings. The number of rotatable bonds is 6. The second-order valence-electron chi connectivity index (χ2n) is 5.77. The van der Waals surface area contributed by atoms with Gasteiger partial charge in [-0.25, -0.2) is 0 Å². The van der Waals surface area contributed by atoms with Gasteiger partial charge in [-0.05, 0) is 39.5 Å². The largest absolute Gasteiger partial charge is 0.481 e. The number of aliphatic carboxylic acids is 1. The summed E-state index contributed by atoms with van der Waals surface area (Å²) in [6.45, 7) is 5.23. The maximum absolute atomic E-state index is 12.1. The van der Waals surface area contributed by atoms with Gasteiger partial charge in [-0.1, -0.05) is 5.57 Å². The highest BCUT2D eigenvalue weighted by Crippen LogP contribution is 2.35. The van der Waals surface area contributed by atoms with Crippen LogP contribution in [0.5, 0.6) is 0 Å². The average molecular weight is 283 g/mol. The third kappa shape index (κ3) is 4.34. The van der Waals surface area contributed by atoms with E-state index >= 15 is 0 Å². The van der Waals surface area contributed by atoms with Gasteiger partial charge >= 0.3 is 5.97 Å². The van der Waals surface area contributed by atoms with Crippen molar-refractivity contribution in [2.45, 2.75) is 39.5 Å². The van der Waals surface area contributed by atoms with E-state index in [1.807, 2.05) is 13.8 Å². The monoisotopic (exact) mass is 283 g/mol. The van der Waals surface area contributed by atoms with Gasteiger partial charge in [-0.2, -0.15) is 0 Å². The van der Waals surface area contributed by atoms with Gasteiger partial charge in [0.1, 0.15) is 0 Å². The molecule has 0 aliphatic carbocycles. The molecule has 1 fully saturated rings. The number of carboxylic acid groups (broad SMARTS) is 1. The van der Waals surface area contributed by atoms with Gasteiger partial charge in [0.05, 0.1) is 5.41 Å². The first-order chi connectivity index (χ1) is 9.41. The molecule has 1 amide bonds. The second-order valence-corrected chi connectivity index (χ2v) is 5.77. The topological polar surface area (TPSA) is 66.8 Å². The van der Waals surface area contributed by atoms with Crippen LogP contribution in [0.1, 0.15) is 39.5 Å². The first kappa shape index (κ1) is 16.7. The molecule has 1 aliphatic heterocycles. The minimum Gasteiger partial charge on any atom is -0.481 e. The van der Waals surface area contributed by atoms with Crippen LogP contribution in [0.4, 0.5) is 0 Å². The van der Waals surface area contributed by atoms with E-state index in [2.05, 4.69) is 0 Å². The molecule has 1 N–H and O–H groups in total. The molecule has 0 aromatic heterocycles. The fraction of sp³-hybridized carbons (Fsp3) is 0.733. The highest BCUT2D eigenvalue weighted by atomic mass is 16.5. The molecule has 1 heterocycles. The maximum atomic E-state index is 12.1. The molecule has 5 heteroatoms. The Bertz CT molecular complexity index is 387. The third-order valence-corrected chi connectivity index (χ3v) is 3.76. The van der Waals surface area contributed by atoms with Crippen molar-refractivity contribution in [1.82, 2.24) is 4.90 Å². The molecule has 1 rings (SSSR count). The van der Waals surface area contributed by atoms with E-state index in [1.165, 1.54) is 0 Å². The molecule has 20 heavy (non-hydrogen) atoms. The number of likely N-dealkylation sites (tertiary alicyclic amines) is 1. The lowest BCUT2D eigenvalue weighted by Crippen LogP contribution is -2.49. The van der Waals surface area contributed by atoms with E-state index in [4.69, 9.17) is 4.74 Å². The number of carbonyl (C=O) groups excluding carboxylic acids is 1. The van der Waals surface area contributed by atoms with Gasteiger partial charge in [0.2, 0.25) is 5.91 Å². The van der Waals surface area contributed by atoms with E-state index in [1.54, 1.807) is 18.1 Å². The Kier molecular flexibility index (Phi) is 6.20. The number of carboxylic acids is 1. The van der Waals surface area contributed by atoms with E-state index in [-0.39, 0.29) is 5.91 Å². The van der Waals surface area contributed by atoms with E-state index in [0.717, 1.165) is 12.0 Å². The van der Waals surface area contributed by atoms with Crippen LogP contribution in [0.2, 0.25) is 0 Å². The van der Waals surface area contributed by atoms with Crippen LogP contribution >= 0.6 is 0 Å². The number of allylic oxidation sites excluding steroid dienone is 1. The number of hydrogen-bond donors (Lipinski definition) is 1. The van der Waals surface area contributed by atoms with Gasteiger partial charge in [-0.3, -0.25) is 9.59 Å². The molecule has 0 spiro atoms. The SMILES string of the molecule is COCCCC1(C(=O)O)CCCN(C(=O)C=C(C)C)C1. The van der Waals surface area contributed by atoms with Crippen LogP contribution < -0.4 is 0 Å². The number of piperidine rings is 1. The van der Waals surface area contributed by atoms with Crippen molar-refractivity contribution in [2.24, 2.45) is 5.41 Å². The van der Waals surface area contributed by atoms with Crippen LogP contribution in [0, 0.1) is 5.41 Å². The van der Waals surface area contributed by atoms with Crippen LogP contribution in [-0.4, -0.2) is 48.7 Å². The maximum Gasteiger partial charge on any atom is 0.311 e. The Morgan fingerprint density at radius 3 is 2.65 bits per heavy atom. The number of nitrogens with zero attached hydrogens (tertiary/aromatic N) is 1. The predicted molar refractivity (Wildman–Crippen MR) is 76.4 cm³/mol. The quantitative estimate of drug-likeness (QED) is 0.598. The molecule has 0 bridgehead atoms. The number of ether oxygens (including phenoxy) is 1. The second kappa shape index (κ2) is 7.43. The third-order valence-electron chi connectivity index (χ3n) is 3.76. The predicted octanol–water partition coefficient (Wildman–Crippen LogP) is 2.07. The fourth-order valence-corrected chi connectivity index (χ4v) is 2.70. The summed E-state index contributed by atoms with van der Waals surface area (Å²) in [5, 5.41) is 9.58. The molecular formula is C15H25NO4. The molecule has 1 saturated heterocycles.